The molecule has 176 valence electrons. The van der Waals surface area contributed by atoms with E-state index in [1.54, 1.807) is 24.7 Å². The van der Waals surface area contributed by atoms with Gasteiger partial charge in [-0.15, -0.1) is 0 Å². The van der Waals surface area contributed by atoms with Gasteiger partial charge >= 0.3 is 5.69 Å². The highest BCUT2D eigenvalue weighted by Gasteiger charge is 2.16. The van der Waals surface area contributed by atoms with Gasteiger partial charge < -0.3 is 9.30 Å². The van der Waals surface area contributed by atoms with E-state index in [0.29, 0.717) is 28.6 Å². The van der Waals surface area contributed by atoms with Crippen molar-refractivity contribution in [2.75, 3.05) is 12.0 Å². The molecule has 9 nitrogen and oxygen atoms in total. The summed E-state index contributed by atoms with van der Waals surface area (Å²) in [6.45, 7) is 2.05. The fourth-order valence-electron chi connectivity index (χ4n) is 3.62. The molecule has 10 heteroatoms. The Morgan fingerprint density at radius 2 is 1.79 bits per heavy atom. The lowest BCUT2D eigenvalue weighted by Gasteiger charge is -2.12. The van der Waals surface area contributed by atoms with Gasteiger partial charge in [0.1, 0.15) is 12.4 Å². The van der Waals surface area contributed by atoms with Crippen LogP contribution in [0.3, 0.4) is 0 Å². The van der Waals surface area contributed by atoms with Crippen LogP contribution in [0.25, 0.3) is 11.2 Å². The van der Waals surface area contributed by atoms with Crippen molar-refractivity contribution >= 4 is 34.4 Å². The van der Waals surface area contributed by atoms with Crippen molar-refractivity contribution in [1.29, 1.82) is 0 Å². The van der Waals surface area contributed by atoms with Crippen LogP contribution in [-0.2, 0) is 27.6 Å². The number of fused-ring (bicyclic) bond motifs is 1. The monoisotopic (exact) mass is 480 g/mol. The van der Waals surface area contributed by atoms with Gasteiger partial charge in [0.25, 0.3) is 5.56 Å². The minimum Gasteiger partial charge on any atom is -0.487 e. The van der Waals surface area contributed by atoms with E-state index in [4.69, 9.17) is 16.3 Å². The number of halogens is 1. The van der Waals surface area contributed by atoms with Crippen LogP contribution in [0.2, 0.25) is 5.02 Å². The summed E-state index contributed by atoms with van der Waals surface area (Å²) < 4.78 is 9.97. The number of rotatable bonds is 7. The molecule has 0 saturated carbocycles. The van der Waals surface area contributed by atoms with Crippen molar-refractivity contribution in [1.82, 2.24) is 18.7 Å². The van der Waals surface area contributed by atoms with Crippen LogP contribution in [0.1, 0.15) is 18.1 Å². The Morgan fingerprint density at radius 3 is 2.53 bits per heavy atom. The smallest absolute Gasteiger partial charge is 0.332 e. The van der Waals surface area contributed by atoms with Gasteiger partial charge in [-0.2, -0.15) is 10.1 Å². The summed E-state index contributed by atoms with van der Waals surface area (Å²) >= 11 is 6.21. The Morgan fingerprint density at radius 1 is 1.06 bits per heavy atom. The first-order chi connectivity index (χ1) is 16.3. The van der Waals surface area contributed by atoms with Gasteiger partial charge in [-0.25, -0.2) is 10.2 Å². The molecular formula is C24H25ClN6O3. The van der Waals surface area contributed by atoms with Gasteiger partial charge in [0.05, 0.1) is 5.71 Å². The molecule has 0 aliphatic rings. The third-order valence-electron chi connectivity index (χ3n) is 5.52. The predicted molar refractivity (Wildman–Crippen MR) is 134 cm³/mol. The highest BCUT2D eigenvalue weighted by atomic mass is 35.5. The van der Waals surface area contributed by atoms with Crippen LogP contribution >= 0.6 is 11.6 Å². The summed E-state index contributed by atoms with van der Waals surface area (Å²) in [7, 11) is 4.70. The zero-order valence-electron chi connectivity index (χ0n) is 19.4. The molecule has 0 amide bonds. The van der Waals surface area contributed by atoms with E-state index in [2.05, 4.69) is 27.6 Å². The molecule has 0 bridgehead atoms. The van der Waals surface area contributed by atoms with E-state index in [0.717, 1.165) is 21.4 Å². The van der Waals surface area contributed by atoms with Crippen LogP contribution in [0.15, 0.2) is 63.2 Å². The Labute approximate surface area is 200 Å². The highest BCUT2D eigenvalue weighted by Crippen LogP contribution is 2.25. The first-order valence-corrected chi connectivity index (χ1v) is 11.0. The fraction of sp³-hybridized carbons (Fsp3) is 0.250. The molecule has 0 radical (unpaired) electrons. The molecule has 0 unspecified atom stereocenters. The van der Waals surface area contributed by atoms with Crippen molar-refractivity contribution in [3.8, 4) is 5.75 Å². The molecule has 0 aliphatic heterocycles. The van der Waals surface area contributed by atoms with E-state index in [1.165, 1.54) is 11.6 Å². The zero-order valence-corrected chi connectivity index (χ0v) is 20.1. The lowest BCUT2D eigenvalue weighted by atomic mass is 10.0. The van der Waals surface area contributed by atoms with E-state index >= 15 is 0 Å². The average Bonchev–Trinajstić information content (AvgIpc) is 3.16. The molecule has 0 aliphatic carbocycles. The number of aryl methyl sites for hydroxylation is 2. The summed E-state index contributed by atoms with van der Waals surface area (Å²) in [4.78, 5) is 29.1. The topological polar surface area (TPSA) is 95.4 Å². The van der Waals surface area contributed by atoms with Gasteiger partial charge in [0.2, 0.25) is 5.95 Å². The van der Waals surface area contributed by atoms with E-state index in [1.807, 2.05) is 37.3 Å². The van der Waals surface area contributed by atoms with E-state index in [-0.39, 0.29) is 12.3 Å². The summed E-state index contributed by atoms with van der Waals surface area (Å²) in [6.07, 6.45) is 0.693. The SMILES string of the molecule is C/C(COc1ccc(Cl)cc1Cc1ccccc1)=N/Nc1nc2c(c(=O)n(C)c(=O)n2C)n1C. The molecule has 4 aromatic rings. The molecule has 1 N–H and O–H groups in total. The third-order valence-corrected chi connectivity index (χ3v) is 5.75. The molecular weight excluding hydrogens is 456 g/mol. The summed E-state index contributed by atoms with van der Waals surface area (Å²) in [5.74, 6) is 1.06. The van der Waals surface area contributed by atoms with E-state index in [9.17, 15) is 9.59 Å². The molecule has 34 heavy (non-hydrogen) atoms. The van der Waals surface area contributed by atoms with Crippen molar-refractivity contribution in [3.63, 3.8) is 0 Å². The van der Waals surface area contributed by atoms with Crippen LogP contribution < -0.4 is 21.4 Å². The number of aromatic nitrogens is 4. The van der Waals surface area contributed by atoms with Gasteiger partial charge in [-0.1, -0.05) is 41.9 Å². The number of anilines is 1. The Kier molecular flexibility index (Phi) is 6.56. The number of benzene rings is 2. The number of nitrogens with zero attached hydrogens (tertiary/aromatic N) is 5. The van der Waals surface area contributed by atoms with Gasteiger partial charge in [0.15, 0.2) is 11.2 Å². The molecule has 2 heterocycles. The lowest BCUT2D eigenvalue weighted by Crippen LogP contribution is -2.37. The maximum absolute atomic E-state index is 12.5. The Hall–Kier alpha value is -3.85. The number of nitrogens with one attached hydrogen (secondary N) is 1. The van der Waals surface area contributed by atoms with E-state index < -0.39 is 11.2 Å². The van der Waals surface area contributed by atoms with Crippen molar-refractivity contribution < 1.29 is 4.74 Å². The van der Waals surface area contributed by atoms with Crippen LogP contribution in [-0.4, -0.2) is 31.0 Å². The van der Waals surface area contributed by atoms with Crippen LogP contribution in [0.4, 0.5) is 5.95 Å². The molecule has 0 spiro atoms. The number of imidazole rings is 1. The van der Waals surface area contributed by atoms with Crippen LogP contribution in [0.5, 0.6) is 5.75 Å². The first-order valence-electron chi connectivity index (χ1n) is 10.6. The standard InChI is InChI=1S/C24H25ClN6O3/c1-15(14-34-19-11-10-18(25)13-17(19)12-16-8-6-5-7-9-16)27-28-23-26-21-20(29(23)2)22(32)31(4)24(33)30(21)3/h5-11,13H,12,14H2,1-4H3,(H,26,28)/b27-15-. The minimum atomic E-state index is -0.440. The molecule has 0 fully saturated rings. The lowest BCUT2D eigenvalue weighted by molar-refractivity contribution is 0.372. The number of hydrogen-bond donors (Lipinski definition) is 1. The second-order valence-corrected chi connectivity index (χ2v) is 8.47. The Bertz CT molecular complexity index is 1500. The van der Waals surface area contributed by atoms with Gasteiger partial charge in [0, 0.05) is 32.6 Å². The molecule has 2 aromatic carbocycles. The van der Waals surface area contributed by atoms with Gasteiger partial charge in [-0.05, 0) is 36.2 Å². The quantitative estimate of drug-likeness (QED) is 0.324. The predicted octanol–water partition coefficient (Wildman–Crippen LogP) is 3.08. The minimum absolute atomic E-state index is 0.237. The Balaban J connectivity index is 1.51. The third kappa shape index (κ3) is 4.60. The fourth-order valence-corrected chi connectivity index (χ4v) is 3.82. The first kappa shape index (κ1) is 23.3. The maximum atomic E-state index is 12.5. The second kappa shape index (κ2) is 9.56. The number of hydrazone groups is 1. The molecule has 0 saturated heterocycles. The van der Waals surface area contributed by atoms with Crippen molar-refractivity contribution in [2.24, 2.45) is 26.2 Å². The normalized spacial score (nSPS) is 11.7. The van der Waals surface area contributed by atoms with Crippen molar-refractivity contribution in [3.05, 3.63) is 85.5 Å². The molecule has 2 aromatic heterocycles. The van der Waals surface area contributed by atoms with Gasteiger partial charge in [-0.3, -0.25) is 13.9 Å². The molecule has 4 rings (SSSR count). The summed E-state index contributed by atoms with van der Waals surface area (Å²) in [5.41, 5.74) is 5.40. The summed E-state index contributed by atoms with van der Waals surface area (Å²) in [6, 6.07) is 15.6. The largest absolute Gasteiger partial charge is 0.487 e. The highest BCUT2D eigenvalue weighted by molar-refractivity contribution is 6.30. The maximum Gasteiger partial charge on any atom is 0.332 e. The zero-order chi connectivity index (χ0) is 24.4. The summed E-state index contributed by atoms with van der Waals surface area (Å²) in [5, 5.41) is 4.98. The number of ether oxygens (including phenoxy) is 1. The second-order valence-electron chi connectivity index (χ2n) is 8.03. The van der Waals surface area contributed by atoms with Crippen molar-refractivity contribution in [2.45, 2.75) is 13.3 Å². The average molecular weight is 481 g/mol. The number of hydrogen-bond acceptors (Lipinski definition) is 6. The van der Waals surface area contributed by atoms with Crippen LogP contribution in [0, 0.1) is 0 Å². The molecule has 0 atom stereocenters.